The Labute approximate surface area is 126 Å². The topological polar surface area (TPSA) is 0 Å². The van der Waals surface area contributed by atoms with Gasteiger partial charge in [0.15, 0.2) is 11.6 Å². The van der Waals surface area contributed by atoms with Crippen LogP contribution < -0.4 is 0 Å². The molecule has 1 aliphatic rings. The molecular formula is C18H16F4. The van der Waals surface area contributed by atoms with E-state index in [2.05, 4.69) is 0 Å². The zero-order chi connectivity index (χ0) is 16.0. The third-order valence-electron chi connectivity index (χ3n) is 4.60. The molecule has 3 rings (SSSR count). The molecule has 0 aliphatic heterocycles. The number of aryl methyl sites for hydroxylation is 1. The molecule has 0 fully saturated rings. The van der Waals surface area contributed by atoms with Gasteiger partial charge < -0.3 is 0 Å². The van der Waals surface area contributed by atoms with Crippen molar-refractivity contribution >= 4 is 0 Å². The molecule has 0 bridgehead atoms. The smallest absolute Gasteiger partial charge is 0.162 e. The van der Waals surface area contributed by atoms with Crippen LogP contribution in [-0.2, 0) is 12.8 Å². The Kier molecular flexibility index (Phi) is 3.71. The van der Waals surface area contributed by atoms with Gasteiger partial charge in [-0.15, -0.1) is 0 Å². The Morgan fingerprint density at radius 2 is 1.68 bits per heavy atom. The highest BCUT2D eigenvalue weighted by Crippen LogP contribution is 2.37. The molecule has 0 heterocycles. The zero-order valence-electron chi connectivity index (χ0n) is 12.4. The lowest BCUT2D eigenvalue weighted by Crippen LogP contribution is -2.17. The molecule has 0 aromatic heterocycles. The molecule has 1 unspecified atom stereocenters. The maximum atomic E-state index is 14.1. The standard InChI is InChI=1S/C18H16F4/c1-9-3-5-13(18(22)16(9)20)11-4-6-14-12(7-11)8-15(19)10(2)17(14)21/h3,5,8,11H,4,6-7H2,1-2H3. The van der Waals surface area contributed by atoms with Crippen LogP contribution in [0.3, 0.4) is 0 Å². The van der Waals surface area contributed by atoms with Crippen LogP contribution in [0.1, 0.15) is 40.2 Å². The highest BCUT2D eigenvalue weighted by molar-refractivity contribution is 5.39. The summed E-state index contributed by atoms with van der Waals surface area (Å²) in [5, 5.41) is 0. The summed E-state index contributed by atoms with van der Waals surface area (Å²) in [5.74, 6) is -3.05. The first-order valence-electron chi connectivity index (χ1n) is 7.31. The lowest BCUT2D eigenvalue weighted by molar-refractivity contribution is 0.464. The van der Waals surface area contributed by atoms with Crippen molar-refractivity contribution in [3.05, 3.63) is 69.3 Å². The second kappa shape index (κ2) is 5.41. The summed E-state index contributed by atoms with van der Waals surface area (Å²) in [7, 11) is 0. The van der Waals surface area contributed by atoms with Gasteiger partial charge in [-0.3, -0.25) is 0 Å². The fourth-order valence-corrected chi connectivity index (χ4v) is 3.20. The minimum Gasteiger partial charge on any atom is -0.207 e. The highest BCUT2D eigenvalue weighted by Gasteiger charge is 2.27. The van der Waals surface area contributed by atoms with E-state index in [1.54, 1.807) is 12.1 Å². The molecule has 0 amide bonds. The Balaban J connectivity index is 2.00. The average molecular weight is 308 g/mol. The van der Waals surface area contributed by atoms with Crippen molar-refractivity contribution in [2.75, 3.05) is 0 Å². The largest absolute Gasteiger partial charge is 0.207 e. The fraction of sp³-hybridized carbons (Fsp3) is 0.333. The van der Waals surface area contributed by atoms with Gasteiger partial charge in [-0.05, 0) is 67.3 Å². The van der Waals surface area contributed by atoms with Crippen LogP contribution in [0.25, 0.3) is 0 Å². The van der Waals surface area contributed by atoms with Gasteiger partial charge in [-0.25, -0.2) is 17.6 Å². The fourth-order valence-electron chi connectivity index (χ4n) is 3.20. The Morgan fingerprint density at radius 1 is 0.955 bits per heavy atom. The van der Waals surface area contributed by atoms with Crippen molar-refractivity contribution in [3.8, 4) is 0 Å². The van der Waals surface area contributed by atoms with Gasteiger partial charge >= 0.3 is 0 Å². The first-order valence-corrected chi connectivity index (χ1v) is 7.31. The zero-order valence-corrected chi connectivity index (χ0v) is 12.4. The molecule has 1 aliphatic carbocycles. The van der Waals surface area contributed by atoms with Crippen LogP contribution in [0.2, 0.25) is 0 Å². The van der Waals surface area contributed by atoms with Crippen LogP contribution in [0.15, 0.2) is 18.2 Å². The van der Waals surface area contributed by atoms with Gasteiger partial charge in [-0.2, -0.15) is 0 Å². The van der Waals surface area contributed by atoms with Crippen molar-refractivity contribution in [3.63, 3.8) is 0 Å². The monoisotopic (exact) mass is 308 g/mol. The Morgan fingerprint density at radius 3 is 2.41 bits per heavy atom. The molecule has 0 nitrogen and oxygen atoms in total. The number of halogens is 4. The molecule has 1 atom stereocenters. The SMILES string of the molecule is Cc1ccc(C2CCc3c(cc(F)c(C)c3F)C2)c(F)c1F. The summed E-state index contributed by atoms with van der Waals surface area (Å²) in [5.41, 5.74) is 1.62. The second-order valence-corrected chi connectivity index (χ2v) is 5.97. The van der Waals surface area contributed by atoms with Crippen LogP contribution in [0.5, 0.6) is 0 Å². The molecule has 4 heteroatoms. The molecule has 2 aromatic carbocycles. The predicted molar refractivity (Wildman–Crippen MR) is 77.0 cm³/mol. The summed E-state index contributed by atoms with van der Waals surface area (Å²) in [6, 6.07) is 4.44. The third kappa shape index (κ3) is 2.31. The molecule has 0 N–H and O–H groups in total. The first kappa shape index (κ1) is 15.1. The van der Waals surface area contributed by atoms with Gasteiger partial charge in [0.05, 0.1) is 0 Å². The average Bonchev–Trinajstić information content (AvgIpc) is 2.50. The van der Waals surface area contributed by atoms with Crippen molar-refractivity contribution in [1.29, 1.82) is 0 Å². The quantitative estimate of drug-likeness (QED) is 0.640. The summed E-state index contributed by atoms with van der Waals surface area (Å²) in [6.45, 7) is 2.91. The van der Waals surface area contributed by atoms with Crippen LogP contribution in [0.4, 0.5) is 17.6 Å². The Hall–Kier alpha value is -1.84. The number of hydrogen-bond donors (Lipinski definition) is 0. The van der Waals surface area contributed by atoms with Crippen LogP contribution >= 0.6 is 0 Å². The highest BCUT2D eigenvalue weighted by atomic mass is 19.2. The normalized spacial score (nSPS) is 17.5. The van der Waals surface area contributed by atoms with E-state index >= 15 is 0 Å². The number of rotatable bonds is 1. The van der Waals surface area contributed by atoms with E-state index in [1.165, 1.54) is 19.9 Å². The van der Waals surface area contributed by atoms with E-state index in [-0.39, 0.29) is 22.6 Å². The van der Waals surface area contributed by atoms with E-state index < -0.39 is 23.3 Å². The number of benzene rings is 2. The molecule has 22 heavy (non-hydrogen) atoms. The number of hydrogen-bond acceptors (Lipinski definition) is 0. The van der Waals surface area contributed by atoms with E-state index in [0.717, 1.165) is 0 Å². The molecule has 0 radical (unpaired) electrons. The predicted octanol–water partition coefficient (Wildman–Crippen LogP) is 5.13. The molecular weight excluding hydrogens is 292 g/mol. The van der Waals surface area contributed by atoms with Gasteiger partial charge in [0.2, 0.25) is 0 Å². The molecule has 116 valence electrons. The maximum Gasteiger partial charge on any atom is 0.162 e. The Bertz CT molecular complexity index is 749. The van der Waals surface area contributed by atoms with Crippen molar-refractivity contribution in [2.45, 2.75) is 39.0 Å². The van der Waals surface area contributed by atoms with Crippen molar-refractivity contribution in [1.82, 2.24) is 0 Å². The van der Waals surface area contributed by atoms with Gasteiger partial charge in [0, 0.05) is 5.56 Å². The summed E-state index contributed by atoms with van der Waals surface area (Å²) in [4.78, 5) is 0. The van der Waals surface area contributed by atoms with Gasteiger partial charge in [0.1, 0.15) is 11.6 Å². The lowest BCUT2D eigenvalue weighted by atomic mass is 9.79. The van der Waals surface area contributed by atoms with Gasteiger partial charge in [0.25, 0.3) is 0 Å². The summed E-state index contributed by atoms with van der Waals surface area (Å²) < 4.78 is 55.7. The second-order valence-electron chi connectivity index (χ2n) is 5.97. The number of fused-ring (bicyclic) bond motifs is 1. The molecule has 0 spiro atoms. The van der Waals surface area contributed by atoms with Crippen LogP contribution in [0, 0.1) is 37.1 Å². The van der Waals surface area contributed by atoms with E-state index in [9.17, 15) is 17.6 Å². The summed E-state index contributed by atoms with van der Waals surface area (Å²) in [6.07, 6.45) is 1.25. The lowest BCUT2D eigenvalue weighted by Gasteiger charge is -2.26. The van der Waals surface area contributed by atoms with E-state index in [0.29, 0.717) is 30.4 Å². The molecule has 0 saturated carbocycles. The van der Waals surface area contributed by atoms with E-state index in [1.807, 2.05) is 0 Å². The van der Waals surface area contributed by atoms with Crippen molar-refractivity contribution < 1.29 is 17.6 Å². The molecule has 0 saturated heterocycles. The van der Waals surface area contributed by atoms with Crippen LogP contribution in [-0.4, -0.2) is 0 Å². The molecule has 2 aromatic rings. The van der Waals surface area contributed by atoms with E-state index in [4.69, 9.17) is 0 Å². The minimum atomic E-state index is -0.846. The minimum absolute atomic E-state index is 0.0183. The maximum absolute atomic E-state index is 14.1. The summed E-state index contributed by atoms with van der Waals surface area (Å²) >= 11 is 0. The van der Waals surface area contributed by atoms with Crippen molar-refractivity contribution in [2.24, 2.45) is 0 Å². The third-order valence-corrected chi connectivity index (χ3v) is 4.60. The first-order chi connectivity index (χ1) is 10.4. The van der Waals surface area contributed by atoms with Gasteiger partial charge in [-0.1, -0.05) is 12.1 Å².